The zero-order valence-electron chi connectivity index (χ0n) is 10.6. The quantitative estimate of drug-likeness (QED) is 0.481. The predicted molar refractivity (Wildman–Crippen MR) is 66.5 cm³/mol. The normalized spacial score (nSPS) is 21.9. The van der Waals surface area contributed by atoms with Crippen molar-refractivity contribution in [3.63, 3.8) is 0 Å². The van der Waals surface area contributed by atoms with E-state index in [4.69, 9.17) is 0 Å². The van der Waals surface area contributed by atoms with Crippen LogP contribution in [0.3, 0.4) is 0 Å². The Kier molecular flexibility index (Phi) is 5.50. The van der Waals surface area contributed by atoms with Gasteiger partial charge >= 0.3 is 6.18 Å². The molecule has 1 saturated heterocycles. The molecule has 1 rings (SSSR count). The van der Waals surface area contributed by atoms with Crippen molar-refractivity contribution in [2.75, 3.05) is 26.2 Å². The number of rotatable bonds is 3. The molecule has 104 valence electrons. The molecule has 0 bridgehead atoms. The number of likely N-dealkylation sites (tertiary alicyclic amines) is 1. The number of piperidine rings is 1. The third kappa shape index (κ3) is 4.23. The molecule has 0 aromatic carbocycles. The minimum absolute atomic E-state index is 0.00746. The molecule has 0 radical (unpaired) electrons. The number of nitrogens with zero attached hydrogens (tertiary/aromatic N) is 2. The summed E-state index contributed by atoms with van der Waals surface area (Å²) in [6, 6.07) is 0. The number of alkyl halides is 3. The topological polar surface area (TPSA) is 27.6 Å². The molecule has 1 fully saturated rings. The van der Waals surface area contributed by atoms with Gasteiger partial charge in [0.2, 0.25) is 0 Å². The predicted octanol–water partition coefficient (Wildman–Crippen LogP) is 2.41. The molecule has 0 aromatic heterocycles. The molecule has 0 spiro atoms. The highest BCUT2D eigenvalue weighted by Crippen LogP contribution is 2.33. The van der Waals surface area contributed by atoms with Gasteiger partial charge in [0, 0.05) is 19.6 Å². The fourth-order valence-electron chi connectivity index (χ4n) is 2.01. The highest BCUT2D eigenvalue weighted by Gasteiger charge is 2.42. The average Bonchev–Trinajstić information content (AvgIpc) is 2.33. The van der Waals surface area contributed by atoms with Gasteiger partial charge in [-0.2, -0.15) is 13.2 Å². The van der Waals surface area contributed by atoms with Crippen LogP contribution in [0.5, 0.6) is 0 Å². The zero-order valence-corrected chi connectivity index (χ0v) is 10.6. The Hall–Kier alpha value is -1.20. The number of aliphatic imine (C=N–C) groups is 1. The van der Waals surface area contributed by atoms with Crippen molar-refractivity contribution in [1.29, 1.82) is 0 Å². The van der Waals surface area contributed by atoms with E-state index in [-0.39, 0.29) is 13.0 Å². The molecule has 1 atom stereocenters. The Morgan fingerprint density at radius 1 is 1.56 bits per heavy atom. The summed E-state index contributed by atoms with van der Waals surface area (Å²) in [6.07, 6.45) is -1.74. The minimum atomic E-state index is -4.12. The second-order valence-electron chi connectivity index (χ2n) is 4.31. The summed E-state index contributed by atoms with van der Waals surface area (Å²) in [5, 5.41) is 3.02. The lowest BCUT2D eigenvalue weighted by Crippen LogP contribution is -2.49. The highest BCUT2D eigenvalue weighted by molar-refractivity contribution is 5.80. The molecule has 3 nitrogen and oxygen atoms in total. The van der Waals surface area contributed by atoms with Crippen molar-refractivity contribution in [2.24, 2.45) is 10.9 Å². The van der Waals surface area contributed by atoms with E-state index in [1.165, 1.54) is 0 Å². The van der Waals surface area contributed by atoms with Crippen molar-refractivity contribution in [2.45, 2.75) is 25.9 Å². The highest BCUT2D eigenvalue weighted by atomic mass is 19.4. The molecular weight excluding hydrogens is 243 g/mol. The van der Waals surface area contributed by atoms with Crippen LogP contribution in [0, 0.1) is 5.92 Å². The fourth-order valence-corrected chi connectivity index (χ4v) is 2.01. The number of halogens is 3. The van der Waals surface area contributed by atoms with E-state index in [1.54, 1.807) is 11.0 Å². The molecular formula is C12H20F3N3. The van der Waals surface area contributed by atoms with Crippen molar-refractivity contribution >= 4 is 5.96 Å². The molecule has 0 saturated carbocycles. The van der Waals surface area contributed by atoms with Crippen LogP contribution in [0.1, 0.15) is 19.8 Å². The molecule has 1 N–H and O–H groups in total. The van der Waals surface area contributed by atoms with E-state index in [9.17, 15) is 13.2 Å². The molecule has 1 aliphatic rings. The number of hydrogen-bond acceptors (Lipinski definition) is 1. The van der Waals surface area contributed by atoms with E-state index in [0.29, 0.717) is 32.0 Å². The Bertz CT molecular complexity index is 299. The number of nitrogens with one attached hydrogen (secondary N) is 1. The van der Waals surface area contributed by atoms with Gasteiger partial charge in [-0.05, 0) is 19.8 Å². The maximum absolute atomic E-state index is 12.7. The van der Waals surface area contributed by atoms with Gasteiger partial charge in [0.15, 0.2) is 5.96 Å². The fraction of sp³-hybridized carbons (Fsp3) is 0.750. The summed E-state index contributed by atoms with van der Waals surface area (Å²) in [5.41, 5.74) is 0. The minimum Gasteiger partial charge on any atom is -0.357 e. The van der Waals surface area contributed by atoms with Crippen molar-refractivity contribution < 1.29 is 13.2 Å². The first-order valence-electron chi connectivity index (χ1n) is 6.20. The average molecular weight is 263 g/mol. The van der Waals surface area contributed by atoms with Gasteiger partial charge < -0.3 is 10.2 Å². The van der Waals surface area contributed by atoms with Crippen molar-refractivity contribution in [1.82, 2.24) is 10.2 Å². The number of guanidine groups is 1. The molecule has 0 unspecified atom stereocenters. The van der Waals surface area contributed by atoms with Crippen LogP contribution < -0.4 is 5.32 Å². The summed E-state index contributed by atoms with van der Waals surface area (Å²) in [4.78, 5) is 5.91. The van der Waals surface area contributed by atoms with E-state index < -0.39 is 12.1 Å². The van der Waals surface area contributed by atoms with E-state index in [1.807, 2.05) is 6.92 Å². The monoisotopic (exact) mass is 263 g/mol. The molecule has 1 aliphatic heterocycles. The smallest absolute Gasteiger partial charge is 0.357 e. The van der Waals surface area contributed by atoms with Gasteiger partial charge in [-0.25, -0.2) is 4.99 Å². The Labute approximate surface area is 106 Å². The lowest BCUT2D eigenvalue weighted by Gasteiger charge is -2.35. The van der Waals surface area contributed by atoms with Crippen LogP contribution in [0.25, 0.3) is 0 Å². The Morgan fingerprint density at radius 2 is 2.28 bits per heavy atom. The van der Waals surface area contributed by atoms with Gasteiger partial charge in [-0.3, -0.25) is 0 Å². The van der Waals surface area contributed by atoms with Gasteiger partial charge in [-0.1, -0.05) is 6.08 Å². The largest absolute Gasteiger partial charge is 0.393 e. The van der Waals surface area contributed by atoms with Gasteiger partial charge in [0.25, 0.3) is 0 Å². The maximum atomic E-state index is 12.7. The van der Waals surface area contributed by atoms with Gasteiger partial charge in [0.1, 0.15) is 0 Å². The van der Waals surface area contributed by atoms with E-state index in [2.05, 4.69) is 16.9 Å². The molecule has 0 aromatic rings. The summed E-state index contributed by atoms with van der Waals surface area (Å²) >= 11 is 0. The van der Waals surface area contributed by atoms with Crippen LogP contribution in [0.15, 0.2) is 17.6 Å². The zero-order chi connectivity index (χ0) is 13.6. The van der Waals surface area contributed by atoms with Crippen LogP contribution in [0.4, 0.5) is 13.2 Å². The second kappa shape index (κ2) is 6.66. The first-order chi connectivity index (χ1) is 8.49. The van der Waals surface area contributed by atoms with Crippen LogP contribution in [-0.2, 0) is 0 Å². The Balaban J connectivity index is 2.70. The van der Waals surface area contributed by atoms with Crippen molar-refractivity contribution in [3.05, 3.63) is 12.7 Å². The SMILES string of the molecule is C=CCN=C(NCC)N1CCC[C@H](C(F)(F)F)C1. The van der Waals surface area contributed by atoms with Crippen LogP contribution in [-0.4, -0.2) is 43.2 Å². The lowest BCUT2D eigenvalue weighted by atomic mass is 9.98. The summed E-state index contributed by atoms with van der Waals surface area (Å²) < 4.78 is 38.1. The lowest BCUT2D eigenvalue weighted by molar-refractivity contribution is -0.183. The first kappa shape index (κ1) is 14.9. The first-order valence-corrected chi connectivity index (χ1v) is 6.20. The third-order valence-electron chi connectivity index (χ3n) is 2.89. The third-order valence-corrected chi connectivity index (χ3v) is 2.89. The van der Waals surface area contributed by atoms with E-state index in [0.717, 1.165) is 0 Å². The summed E-state index contributed by atoms with van der Waals surface area (Å²) in [5.74, 6) is -0.704. The molecule has 18 heavy (non-hydrogen) atoms. The summed E-state index contributed by atoms with van der Waals surface area (Å²) in [7, 11) is 0. The molecule has 6 heteroatoms. The molecule has 1 heterocycles. The standard InChI is InChI=1S/C12H20F3N3/c1-3-7-17-11(16-4-2)18-8-5-6-10(9-18)12(13,14)15/h3,10H,1,4-9H2,2H3,(H,16,17)/t10-/m0/s1. The van der Waals surface area contributed by atoms with Crippen LogP contribution in [0.2, 0.25) is 0 Å². The molecule has 0 aliphatic carbocycles. The van der Waals surface area contributed by atoms with E-state index >= 15 is 0 Å². The van der Waals surface area contributed by atoms with Crippen LogP contribution >= 0.6 is 0 Å². The number of hydrogen-bond donors (Lipinski definition) is 1. The Morgan fingerprint density at radius 3 is 2.83 bits per heavy atom. The van der Waals surface area contributed by atoms with Crippen molar-refractivity contribution in [3.8, 4) is 0 Å². The molecule has 0 amide bonds. The summed E-state index contributed by atoms with van der Waals surface area (Å²) in [6.45, 7) is 7.12. The maximum Gasteiger partial charge on any atom is 0.393 e. The van der Waals surface area contributed by atoms with Gasteiger partial charge in [0.05, 0.1) is 12.5 Å². The van der Waals surface area contributed by atoms with Gasteiger partial charge in [-0.15, -0.1) is 6.58 Å². The second-order valence-corrected chi connectivity index (χ2v) is 4.31.